The Kier molecular flexibility index (Phi) is 5.95. The third kappa shape index (κ3) is 5.12. The van der Waals surface area contributed by atoms with Gasteiger partial charge in [-0.2, -0.15) is 13.2 Å². The molecular formula is C16H21F3N2OS. The number of nitrogens with one attached hydrogen (secondary N) is 1. The monoisotopic (exact) mass is 346 g/mol. The maximum Gasteiger partial charge on any atom is 0.398 e. The van der Waals surface area contributed by atoms with E-state index in [9.17, 15) is 18.0 Å². The molecule has 0 saturated heterocycles. The Labute approximate surface area is 138 Å². The average molecular weight is 346 g/mol. The molecule has 1 N–H and O–H groups in total. The molecule has 0 spiro atoms. The van der Waals surface area contributed by atoms with E-state index in [1.54, 1.807) is 6.07 Å². The number of amides is 1. The van der Waals surface area contributed by atoms with Crippen LogP contribution in [0.1, 0.15) is 43.5 Å². The molecule has 1 heterocycles. The SMILES string of the molecule is CC1CCCC(NC(=O)c2cccnc2SCC(F)(F)F)C1C. The Balaban J connectivity index is 2.07. The zero-order valence-corrected chi connectivity index (χ0v) is 14.0. The second kappa shape index (κ2) is 7.55. The summed E-state index contributed by atoms with van der Waals surface area (Å²) in [6.45, 7) is 4.27. The molecular weight excluding hydrogens is 325 g/mol. The number of nitrogens with zero attached hydrogens (tertiary/aromatic N) is 1. The summed E-state index contributed by atoms with van der Waals surface area (Å²) in [5.74, 6) is -0.507. The minimum absolute atomic E-state index is 0.0620. The maximum absolute atomic E-state index is 12.5. The van der Waals surface area contributed by atoms with Crippen molar-refractivity contribution in [1.29, 1.82) is 0 Å². The number of hydrogen-bond acceptors (Lipinski definition) is 3. The smallest absolute Gasteiger partial charge is 0.349 e. The van der Waals surface area contributed by atoms with Gasteiger partial charge < -0.3 is 5.32 Å². The van der Waals surface area contributed by atoms with Crippen LogP contribution in [0.5, 0.6) is 0 Å². The van der Waals surface area contributed by atoms with E-state index < -0.39 is 11.9 Å². The zero-order valence-electron chi connectivity index (χ0n) is 13.2. The van der Waals surface area contributed by atoms with Gasteiger partial charge in [-0.1, -0.05) is 38.5 Å². The van der Waals surface area contributed by atoms with Crippen molar-refractivity contribution in [3.05, 3.63) is 23.9 Å². The lowest BCUT2D eigenvalue weighted by Crippen LogP contribution is -2.43. The number of halogens is 3. The van der Waals surface area contributed by atoms with Crippen molar-refractivity contribution in [2.45, 2.75) is 50.4 Å². The van der Waals surface area contributed by atoms with Gasteiger partial charge in [0.15, 0.2) is 0 Å². The normalized spacial score (nSPS) is 25.2. The number of aromatic nitrogens is 1. The van der Waals surface area contributed by atoms with Crippen LogP contribution in [0.3, 0.4) is 0 Å². The van der Waals surface area contributed by atoms with Gasteiger partial charge in [-0.25, -0.2) is 4.98 Å². The molecule has 23 heavy (non-hydrogen) atoms. The van der Waals surface area contributed by atoms with Gasteiger partial charge in [0, 0.05) is 12.2 Å². The molecule has 1 aliphatic rings. The largest absolute Gasteiger partial charge is 0.398 e. The lowest BCUT2D eigenvalue weighted by atomic mass is 9.78. The van der Waals surface area contributed by atoms with E-state index in [4.69, 9.17) is 0 Å². The first-order valence-electron chi connectivity index (χ1n) is 7.73. The van der Waals surface area contributed by atoms with Gasteiger partial charge >= 0.3 is 6.18 Å². The van der Waals surface area contributed by atoms with Gasteiger partial charge in [0.05, 0.1) is 11.3 Å². The van der Waals surface area contributed by atoms with Crippen molar-refractivity contribution in [3.8, 4) is 0 Å². The van der Waals surface area contributed by atoms with E-state index in [0.717, 1.165) is 19.3 Å². The number of hydrogen-bond donors (Lipinski definition) is 1. The minimum Gasteiger partial charge on any atom is -0.349 e. The summed E-state index contributed by atoms with van der Waals surface area (Å²) in [5, 5.41) is 3.10. The number of rotatable bonds is 4. The summed E-state index contributed by atoms with van der Waals surface area (Å²) < 4.78 is 37.2. The molecule has 0 radical (unpaired) electrons. The van der Waals surface area contributed by atoms with E-state index in [1.807, 2.05) is 0 Å². The Hall–Kier alpha value is -1.24. The van der Waals surface area contributed by atoms with Crippen molar-refractivity contribution in [3.63, 3.8) is 0 Å². The highest BCUT2D eigenvalue weighted by atomic mass is 32.2. The van der Waals surface area contributed by atoms with Crippen molar-refractivity contribution < 1.29 is 18.0 Å². The predicted molar refractivity (Wildman–Crippen MR) is 84.4 cm³/mol. The third-order valence-electron chi connectivity index (χ3n) is 4.41. The molecule has 2 rings (SSSR count). The fraction of sp³-hybridized carbons (Fsp3) is 0.625. The van der Waals surface area contributed by atoms with Gasteiger partial charge in [-0.15, -0.1) is 0 Å². The second-order valence-corrected chi connectivity index (χ2v) is 7.07. The first-order chi connectivity index (χ1) is 10.8. The Bertz CT molecular complexity index is 550. The highest BCUT2D eigenvalue weighted by Gasteiger charge is 2.31. The van der Waals surface area contributed by atoms with Crippen molar-refractivity contribution >= 4 is 17.7 Å². The quantitative estimate of drug-likeness (QED) is 0.827. The van der Waals surface area contributed by atoms with E-state index in [1.165, 1.54) is 12.3 Å². The summed E-state index contributed by atoms with van der Waals surface area (Å²) in [4.78, 5) is 16.4. The molecule has 1 fully saturated rings. The molecule has 1 amide bonds. The highest BCUT2D eigenvalue weighted by Crippen LogP contribution is 2.31. The molecule has 1 aromatic heterocycles. The fourth-order valence-electron chi connectivity index (χ4n) is 2.86. The molecule has 7 heteroatoms. The summed E-state index contributed by atoms with van der Waals surface area (Å²) in [5.41, 5.74) is 0.215. The first-order valence-corrected chi connectivity index (χ1v) is 8.72. The van der Waals surface area contributed by atoms with Crippen LogP contribution >= 0.6 is 11.8 Å². The molecule has 128 valence electrons. The van der Waals surface area contributed by atoms with Crippen molar-refractivity contribution in [2.24, 2.45) is 11.8 Å². The Morgan fingerprint density at radius 2 is 2.13 bits per heavy atom. The Morgan fingerprint density at radius 1 is 1.39 bits per heavy atom. The van der Waals surface area contributed by atoms with E-state index in [0.29, 0.717) is 23.6 Å². The van der Waals surface area contributed by atoms with Gasteiger partial charge in [0.2, 0.25) is 0 Å². The fourth-order valence-corrected chi connectivity index (χ4v) is 3.61. The Morgan fingerprint density at radius 3 is 2.83 bits per heavy atom. The van der Waals surface area contributed by atoms with Gasteiger partial charge in [0.25, 0.3) is 5.91 Å². The van der Waals surface area contributed by atoms with E-state index in [-0.39, 0.29) is 22.5 Å². The summed E-state index contributed by atoms with van der Waals surface area (Å²) >= 11 is 0.549. The molecule has 3 atom stereocenters. The number of carbonyl (C=O) groups is 1. The topological polar surface area (TPSA) is 42.0 Å². The molecule has 0 bridgehead atoms. The van der Waals surface area contributed by atoms with Crippen LogP contribution in [0.2, 0.25) is 0 Å². The molecule has 0 aromatic carbocycles. The first kappa shape index (κ1) is 18.1. The lowest BCUT2D eigenvalue weighted by molar-refractivity contribution is -0.105. The van der Waals surface area contributed by atoms with E-state index in [2.05, 4.69) is 24.1 Å². The van der Waals surface area contributed by atoms with Gasteiger partial charge in [-0.3, -0.25) is 4.79 Å². The van der Waals surface area contributed by atoms with Crippen LogP contribution in [0.25, 0.3) is 0 Å². The zero-order chi connectivity index (χ0) is 17.0. The third-order valence-corrected chi connectivity index (χ3v) is 5.48. The summed E-state index contributed by atoms with van der Waals surface area (Å²) in [6.07, 6.45) is 0.221. The molecule has 1 saturated carbocycles. The summed E-state index contributed by atoms with van der Waals surface area (Å²) in [6, 6.07) is 3.16. The summed E-state index contributed by atoms with van der Waals surface area (Å²) in [7, 11) is 0. The van der Waals surface area contributed by atoms with Crippen molar-refractivity contribution in [1.82, 2.24) is 10.3 Å². The minimum atomic E-state index is -4.29. The molecule has 1 aliphatic carbocycles. The number of alkyl halides is 3. The van der Waals surface area contributed by atoms with Crippen LogP contribution in [-0.2, 0) is 0 Å². The van der Waals surface area contributed by atoms with Crippen LogP contribution in [0.15, 0.2) is 23.4 Å². The molecule has 0 aliphatic heterocycles. The number of thioether (sulfide) groups is 1. The number of pyridine rings is 1. The lowest BCUT2D eigenvalue weighted by Gasteiger charge is -2.34. The van der Waals surface area contributed by atoms with E-state index >= 15 is 0 Å². The van der Waals surface area contributed by atoms with Crippen molar-refractivity contribution in [2.75, 3.05) is 5.75 Å². The standard InChI is InChI=1S/C16H21F3N2OS/c1-10-5-3-7-13(11(10)2)21-14(22)12-6-4-8-20-15(12)23-9-16(17,18)19/h4,6,8,10-11,13H,3,5,7,9H2,1-2H3,(H,21,22). The average Bonchev–Trinajstić information content (AvgIpc) is 2.49. The predicted octanol–water partition coefficient (Wildman–Crippen LogP) is 4.29. The van der Waals surface area contributed by atoms with Crippen LogP contribution in [0, 0.1) is 11.8 Å². The molecule has 1 aromatic rings. The molecule has 3 nitrogen and oxygen atoms in total. The number of carbonyl (C=O) groups excluding carboxylic acids is 1. The highest BCUT2D eigenvalue weighted by molar-refractivity contribution is 7.99. The van der Waals surface area contributed by atoms with Crippen LogP contribution in [-0.4, -0.2) is 28.9 Å². The van der Waals surface area contributed by atoms with Gasteiger partial charge in [-0.05, 0) is 30.4 Å². The van der Waals surface area contributed by atoms with Crippen LogP contribution < -0.4 is 5.32 Å². The molecule has 3 unspecified atom stereocenters. The van der Waals surface area contributed by atoms with Crippen LogP contribution in [0.4, 0.5) is 13.2 Å². The maximum atomic E-state index is 12.5. The van der Waals surface area contributed by atoms with Gasteiger partial charge in [0.1, 0.15) is 5.03 Å². The second-order valence-electron chi connectivity index (χ2n) is 6.11.